The molecule has 1 aliphatic rings. The maximum absolute atomic E-state index is 14.0. The van der Waals surface area contributed by atoms with Crippen molar-refractivity contribution in [3.05, 3.63) is 114 Å². The van der Waals surface area contributed by atoms with E-state index in [4.69, 9.17) is 4.98 Å². The Morgan fingerprint density at radius 3 is 2.16 bits per heavy atom. The van der Waals surface area contributed by atoms with E-state index in [-0.39, 0.29) is 10.8 Å². The van der Waals surface area contributed by atoms with Crippen molar-refractivity contribution in [3.8, 4) is 22.3 Å². The van der Waals surface area contributed by atoms with Gasteiger partial charge in [-0.1, -0.05) is 35.9 Å². The van der Waals surface area contributed by atoms with Gasteiger partial charge in [0.15, 0.2) is 11.5 Å². The second-order valence-corrected chi connectivity index (χ2v) is 14.6. The molecule has 0 N–H and O–H groups in total. The van der Waals surface area contributed by atoms with Crippen LogP contribution in [0.1, 0.15) is 21.5 Å². The molecule has 3 aromatic carbocycles. The molecule has 0 atom stereocenters. The zero-order chi connectivity index (χ0) is 34.4. The van der Waals surface area contributed by atoms with Gasteiger partial charge in [0.05, 0.1) is 4.90 Å². The van der Waals surface area contributed by atoms with Gasteiger partial charge in [0.1, 0.15) is 0 Å². The quantitative estimate of drug-likeness (QED) is 0.206. The molecule has 0 aliphatic carbocycles. The first kappa shape index (κ1) is 32.3. The maximum Gasteiger partial charge on any atom is 0.269 e. The van der Waals surface area contributed by atoms with Crippen molar-refractivity contribution in [2.45, 2.75) is 18.7 Å². The highest BCUT2D eigenvalue weighted by atomic mass is 32.2. The van der Waals surface area contributed by atoms with Crippen LogP contribution < -0.4 is 9.80 Å². The molecule has 1 saturated heterocycles. The molecule has 4 heterocycles. The standard InChI is InChI=1S/C38H39N7O3S/c1-26-6-13-32(14-7-26)49(47,48)45-25-34(28-8-10-29(11-9-28)38(46)43(5)36-16-17-42(4)40-36)33-23-31(24-39-37(33)45)30-12-15-35(27(2)22-30)44-20-18-41(3)19-21-44/h6-17,22-25H,18-21H2,1-5H3. The second-order valence-electron chi connectivity index (χ2n) is 12.8. The maximum atomic E-state index is 14.0. The molecular formula is C38H39N7O3S. The molecule has 7 rings (SSSR count). The van der Waals surface area contributed by atoms with E-state index in [9.17, 15) is 13.2 Å². The Kier molecular flexibility index (Phi) is 8.33. The lowest BCUT2D eigenvalue weighted by atomic mass is 9.99. The number of likely N-dealkylation sites (N-methyl/N-ethyl adjacent to an activating group) is 1. The van der Waals surface area contributed by atoms with E-state index in [0.29, 0.717) is 28.0 Å². The molecule has 0 unspecified atom stereocenters. The number of hydrogen-bond donors (Lipinski definition) is 0. The average molecular weight is 674 g/mol. The summed E-state index contributed by atoms with van der Waals surface area (Å²) in [6.45, 7) is 8.09. The highest BCUT2D eigenvalue weighted by Crippen LogP contribution is 2.36. The van der Waals surface area contributed by atoms with Crippen LogP contribution in [0, 0.1) is 13.8 Å². The number of nitrogens with zero attached hydrogens (tertiary/aromatic N) is 7. The van der Waals surface area contributed by atoms with Crippen LogP contribution in [0.2, 0.25) is 0 Å². The van der Waals surface area contributed by atoms with Gasteiger partial charge in [-0.05, 0) is 80.1 Å². The predicted octanol–water partition coefficient (Wildman–Crippen LogP) is 5.99. The fourth-order valence-corrected chi connectivity index (χ4v) is 7.71. The molecule has 3 aromatic heterocycles. The summed E-state index contributed by atoms with van der Waals surface area (Å²) in [4.78, 5) is 24.5. The number of anilines is 2. The zero-order valence-electron chi connectivity index (χ0n) is 28.3. The van der Waals surface area contributed by atoms with Gasteiger partial charge in [-0.2, -0.15) is 5.10 Å². The average Bonchev–Trinajstić information content (AvgIpc) is 3.72. The first-order valence-electron chi connectivity index (χ1n) is 16.3. The van der Waals surface area contributed by atoms with Gasteiger partial charge in [0.25, 0.3) is 15.9 Å². The van der Waals surface area contributed by atoms with Crippen LogP contribution in [0.3, 0.4) is 0 Å². The molecule has 1 fully saturated rings. The highest BCUT2D eigenvalue weighted by molar-refractivity contribution is 7.90. The first-order valence-corrected chi connectivity index (χ1v) is 17.7. The summed E-state index contributed by atoms with van der Waals surface area (Å²) < 4.78 is 31.0. The lowest BCUT2D eigenvalue weighted by Gasteiger charge is -2.35. The van der Waals surface area contributed by atoms with Crippen molar-refractivity contribution >= 4 is 38.5 Å². The molecule has 1 aliphatic heterocycles. The lowest BCUT2D eigenvalue weighted by molar-refractivity contribution is 0.0992. The van der Waals surface area contributed by atoms with Crippen LogP contribution in [0.4, 0.5) is 11.5 Å². The van der Waals surface area contributed by atoms with Crippen LogP contribution in [-0.2, 0) is 17.1 Å². The van der Waals surface area contributed by atoms with Gasteiger partial charge < -0.3 is 9.80 Å². The minimum Gasteiger partial charge on any atom is -0.369 e. The number of piperazine rings is 1. The minimum atomic E-state index is -3.96. The number of pyridine rings is 1. The Bertz CT molecular complexity index is 2280. The summed E-state index contributed by atoms with van der Waals surface area (Å²) in [5.41, 5.74) is 7.55. The number of aryl methyl sites for hydroxylation is 3. The zero-order valence-corrected chi connectivity index (χ0v) is 29.1. The normalized spacial score (nSPS) is 14.0. The monoisotopic (exact) mass is 673 g/mol. The van der Waals surface area contributed by atoms with Crippen LogP contribution in [0.15, 0.2) is 102 Å². The number of carbonyl (C=O) groups excluding carboxylic acids is 1. The first-order chi connectivity index (χ1) is 23.5. The minimum absolute atomic E-state index is 0.182. The second kappa shape index (κ2) is 12.6. The van der Waals surface area contributed by atoms with E-state index in [1.54, 1.807) is 79.8 Å². The molecule has 0 spiro atoms. The van der Waals surface area contributed by atoms with E-state index in [0.717, 1.165) is 48.4 Å². The van der Waals surface area contributed by atoms with E-state index in [1.165, 1.54) is 20.1 Å². The van der Waals surface area contributed by atoms with Gasteiger partial charge in [-0.3, -0.25) is 14.4 Å². The Balaban J connectivity index is 1.30. The van der Waals surface area contributed by atoms with Crippen molar-refractivity contribution in [2.24, 2.45) is 7.05 Å². The summed E-state index contributed by atoms with van der Waals surface area (Å²) in [5.74, 6) is 0.348. The van der Waals surface area contributed by atoms with Crippen molar-refractivity contribution in [1.29, 1.82) is 0 Å². The van der Waals surface area contributed by atoms with Crippen molar-refractivity contribution < 1.29 is 13.2 Å². The van der Waals surface area contributed by atoms with E-state index in [2.05, 4.69) is 47.1 Å². The molecule has 0 saturated carbocycles. The van der Waals surface area contributed by atoms with Crippen LogP contribution in [0.25, 0.3) is 33.3 Å². The van der Waals surface area contributed by atoms with E-state index < -0.39 is 10.0 Å². The lowest BCUT2D eigenvalue weighted by Crippen LogP contribution is -2.44. The third kappa shape index (κ3) is 6.11. The Morgan fingerprint density at radius 2 is 1.51 bits per heavy atom. The number of amides is 1. The number of fused-ring (bicyclic) bond motifs is 1. The Labute approximate surface area is 286 Å². The van der Waals surface area contributed by atoms with Gasteiger partial charge in [0, 0.05) is 92.7 Å². The Hall–Kier alpha value is -5.26. The van der Waals surface area contributed by atoms with Crippen LogP contribution in [-0.4, -0.2) is 78.2 Å². The molecule has 0 radical (unpaired) electrons. The summed E-state index contributed by atoms with van der Waals surface area (Å²) >= 11 is 0. The number of benzene rings is 3. The molecule has 6 aromatic rings. The number of carbonyl (C=O) groups is 1. The van der Waals surface area contributed by atoms with E-state index >= 15 is 0 Å². The third-order valence-electron chi connectivity index (χ3n) is 9.35. The third-order valence-corrected chi connectivity index (χ3v) is 11.0. The Morgan fingerprint density at radius 1 is 0.816 bits per heavy atom. The molecule has 250 valence electrons. The van der Waals surface area contributed by atoms with Crippen molar-refractivity contribution in [2.75, 3.05) is 50.1 Å². The fraction of sp³-hybridized carbons (Fsp3) is 0.237. The summed E-state index contributed by atoms with van der Waals surface area (Å²) in [5, 5.41) is 5.03. The topological polar surface area (TPSA) is 96.6 Å². The number of aromatic nitrogens is 4. The number of rotatable bonds is 7. The van der Waals surface area contributed by atoms with Crippen molar-refractivity contribution in [1.82, 2.24) is 23.6 Å². The largest absolute Gasteiger partial charge is 0.369 e. The fourth-order valence-electron chi connectivity index (χ4n) is 6.38. The molecule has 0 bridgehead atoms. The predicted molar refractivity (Wildman–Crippen MR) is 195 cm³/mol. The number of hydrogen-bond acceptors (Lipinski definition) is 7. The summed E-state index contributed by atoms with van der Waals surface area (Å²) in [6.07, 6.45) is 5.16. The molecule has 11 heteroatoms. The van der Waals surface area contributed by atoms with Gasteiger partial charge in [-0.15, -0.1) is 0 Å². The van der Waals surface area contributed by atoms with Gasteiger partial charge in [0.2, 0.25) is 0 Å². The van der Waals surface area contributed by atoms with Gasteiger partial charge >= 0.3 is 0 Å². The van der Waals surface area contributed by atoms with Gasteiger partial charge in [-0.25, -0.2) is 17.4 Å². The molecule has 49 heavy (non-hydrogen) atoms. The molecule has 1 amide bonds. The highest BCUT2D eigenvalue weighted by Gasteiger charge is 2.24. The smallest absolute Gasteiger partial charge is 0.269 e. The summed E-state index contributed by atoms with van der Waals surface area (Å²) in [6, 6.07) is 24.3. The van der Waals surface area contributed by atoms with Crippen molar-refractivity contribution in [3.63, 3.8) is 0 Å². The SMILES string of the molecule is Cc1ccc(S(=O)(=O)n2cc(-c3ccc(C(=O)N(C)c4ccn(C)n4)cc3)c3cc(-c4ccc(N5CCN(C)CC5)c(C)c4)cnc32)cc1. The van der Waals surface area contributed by atoms with Crippen LogP contribution in [0.5, 0.6) is 0 Å². The molecule has 10 nitrogen and oxygen atoms in total. The summed E-state index contributed by atoms with van der Waals surface area (Å²) in [7, 11) is 1.68. The molecular weight excluding hydrogens is 635 g/mol. The van der Waals surface area contributed by atoms with E-state index in [1.807, 2.05) is 25.1 Å². The van der Waals surface area contributed by atoms with Crippen LogP contribution >= 0.6 is 0 Å².